The van der Waals surface area contributed by atoms with Crippen LogP contribution in [0.15, 0.2) is 0 Å². The predicted octanol–water partition coefficient (Wildman–Crippen LogP) is 0.374. The summed E-state index contributed by atoms with van der Waals surface area (Å²) in [4.78, 5) is 0. The van der Waals surface area contributed by atoms with Gasteiger partial charge in [0.2, 0.25) is 0 Å². The van der Waals surface area contributed by atoms with E-state index in [2.05, 4.69) is 3.64 Å². The first-order chi connectivity index (χ1) is 3.18. The summed E-state index contributed by atoms with van der Waals surface area (Å²) in [5.74, 6) is 11.0. The molecule has 0 heterocycles. The van der Waals surface area contributed by atoms with Gasteiger partial charge < -0.3 is 14.7 Å². The van der Waals surface area contributed by atoms with Gasteiger partial charge in [-0.05, 0) is 0 Å². The van der Waals surface area contributed by atoms with Crippen molar-refractivity contribution >= 4 is 22.9 Å². The van der Waals surface area contributed by atoms with E-state index in [1.54, 1.807) is 0 Å². The molecule has 0 aliphatic carbocycles. The highest BCUT2D eigenvalue weighted by atomic mass is 127. The fraction of sp³-hybridized carbons (Fsp3) is 0. The van der Waals surface area contributed by atoms with Crippen LogP contribution in [0.3, 0.4) is 0 Å². The van der Waals surface area contributed by atoms with Gasteiger partial charge in [0.05, 0.1) is 0 Å². The SMILES string of the molecule is [NH-]N(O)N(N)[N-]I. The highest BCUT2D eigenvalue weighted by molar-refractivity contribution is 14.1. The Bertz CT molecular complexity index is 45.3. The lowest BCUT2D eigenvalue weighted by Gasteiger charge is -2.37. The van der Waals surface area contributed by atoms with Crippen molar-refractivity contribution in [2.24, 2.45) is 5.84 Å². The molecule has 0 atom stereocenters. The lowest BCUT2D eigenvalue weighted by atomic mass is 12.1. The molecule has 0 saturated carbocycles. The van der Waals surface area contributed by atoms with Crippen molar-refractivity contribution in [1.29, 1.82) is 0 Å². The molecule has 7 heavy (non-hydrogen) atoms. The minimum Gasteiger partial charge on any atom is -0.569 e. The first-order valence-corrected chi connectivity index (χ1v) is 2.22. The van der Waals surface area contributed by atoms with Crippen molar-refractivity contribution in [2.75, 3.05) is 0 Å². The molecule has 4 N–H and O–H groups in total. The monoisotopic (exact) mass is 217 g/mol. The average molecular weight is 217 g/mol. The molecule has 0 rings (SSSR count). The zero-order chi connectivity index (χ0) is 5.86. The van der Waals surface area contributed by atoms with Crippen molar-refractivity contribution in [2.45, 2.75) is 0 Å². The van der Waals surface area contributed by atoms with E-state index in [1.807, 2.05) is 0 Å². The highest BCUT2D eigenvalue weighted by Crippen LogP contribution is 2.01. The third kappa shape index (κ3) is 3.11. The summed E-state index contributed by atoms with van der Waals surface area (Å²) in [6.45, 7) is 0. The zero-order valence-electron chi connectivity index (χ0n) is 3.24. The Balaban J connectivity index is 3.14. The van der Waals surface area contributed by atoms with Gasteiger partial charge in [0, 0.05) is 0 Å². The maximum Gasteiger partial charge on any atom is -0.223 e. The van der Waals surface area contributed by atoms with Crippen LogP contribution in [0.25, 0.3) is 9.48 Å². The molecule has 0 unspecified atom stereocenters. The summed E-state index contributed by atoms with van der Waals surface area (Å²) in [6, 6.07) is 0. The van der Waals surface area contributed by atoms with E-state index in [0.717, 1.165) is 0 Å². The lowest BCUT2D eigenvalue weighted by molar-refractivity contribution is -0.185. The number of nitrogens with zero attached hydrogens (tertiary/aromatic N) is 3. The quantitative estimate of drug-likeness (QED) is 0.397. The Hall–Kier alpha value is 0.490. The predicted molar refractivity (Wildman–Crippen MR) is 31.4 cm³/mol. The van der Waals surface area contributed by atoms with E-state index in [1.165, 1.54) is 22.9 Å². The summed E-state index contributed by atoms with van der Waals surface area (Å²) in [7, 11) is 0. The van der Waals surface area contributed by atoms with Gasteiger partial charge in [-0.3, -0.25) is 11.1 Å². The summed E-state index contributed by atoms with van der Waals surface area (Å²) in [5, 5.41) is 8.39. The normalized spacial score (nSPS) is 11.1. The number of hydrogen-bond donors (Lipinski definition) is 2. The first-order valence-electron chi connectivity index (χ1n) is 1.25. The largest absolute Gasteiger partial charge is 0.569 e. The molecule has 0 radical (unpaired) electrons. The van der Waals surface area contributed by atoms with E-state index in [-0.39, 0.29) is 5.28 Å². The summed E-state index contributed by atoms with van der Waals surface area (Å²) in [6.07, 6.45) is 0. The standard InChI is InChI=1S/H4IN5O/c1-4-5(2)6(3)7/h3,7H,2H2/q-2. The van der Waals surface area contributed by atoms with Gasteiger partial charge in [-0.15, -0.1) is 0 Å². The van der Waals surface area contributed by atoms with E-state index in [9.17, 15) is 0 Å². The molecular weight excluding hydrogens is 213 g/mol. The van der Waals surface area contributed by atoms with Crippen LogP contribution in [0.4, 0.5) is 0 Å². The van der Waals surface area contributed by atoms with Crippen LogP contribution in [0.2, 0.25) is 0 Å². The summed E-state index contributed by atoms with van der Waals surface area (Å²) >= 11 is 1.53. The fourth-order valence-corrected chi connectivity index (χ4v) is 0.215. The Morgan fingerprint density at radius 2 is 2.29 bits per heavy atom. The van der Waals surface area contributed by atoms with Gasteiger partial charge in [0.25, 0.3) is 0 Å². The first kappa shape index (κ1) is 7.49. The summed E-state index contributed by atoms with van der Waals surface area (Å²) in [5.41, 5.74) is 0. The minimum atomic E-state index is -0.0908. The third-order valence-corrected chi connectivity index (χ3v) is 0.714. The Kier molecular flexibility index (Phi) is 3.73. The van der Waals surface area contributed by atoms with Crippen LogP contribution >= 0.6 is 22.9 Å². The van der Waals surface area contributed by atoms with Crippen LogP contribution in [-0.2, 0) is 0 Å². The molecule has 0 aromatic carbocycles. The topological polar surface area (TPSA) is 90.6 Å². The van der Waals surface area contributed by atoms with Crippen LogP contribution in [-0.4, -0.2) is 15.7 Å². The van der Waals surface area contributed by atoms with Crippen LogP contribution in [0, 0.1) is 0 Å². The van der Waals surface area contributed by atoms with Crippen LogP contribution < -0.4 is 5.84 Å². The molecule has 0 fully saturated rings. The van der Waals surface area contributed by atoms with Gasteiger partial charge in [0.1, 0.15) is 0 Å². The summed E-state index contributed by atoms with van der Waals surface area (Å²) < 4.78 is 3.16. The minimum absolute atomic E-state index is 0.0908. The molecule has 0 saturated heterocycles. The molecule has 0 aromatic rings. The number of halogens is 1. The van der Waals surface area contributed by atoms with Crippen LogP contribution in [0.5, 0.6) is 0 Å². The molecule has 6 nitrogen and oxygen atoms in total. The van der Waals surface area contributed by atoms with Crippen molar-refractivity contribution in [3.63, 3.8) is 0 Å². The maximum absolute atomic E-state index is 8.02. The van der Waals surface area contributed by atoms with E-state index < -0.39 is 0 Å². The lowest BCUT2D eigenvalue weighted by Crippen LogP contribution is -2.35. The zero-order valence-corrected chi connectivity index (χ0v) is 5.40. The van der Waals surface area contributed by atoms with Crippen molar-refractivity contribution in [3.05, 3.63) is 9.48 Å². The van der Waals surface area contributed by atoms with Gasteiger partial charge >= 0.3 is 0 Å². The van der Waals surface area contributed by atoms with Gasteiger partial charge in [-0.25, -0.2) is 28.1 Å². The van der Waals surface area contributed by atoms with Gasteiger partial charge in [-0.2, -0.15) is 0 Å². The van der Waals surface area contributed by atoms with Crippen molar-refractivity contribution in [3.8, 4) is 0 Å². The second kappa shape index (κ2) is 3.49. The number of hydrazine groups is 2. The fourth-order valence-electron chi connectivity index (χ4n) is 0.0320. The van der Waals surface area contributed by atoms with Gasteiger partial charge in [0.15, 0.2) is 0 Å². The Morgan fingerprint density at radius 1 is 1.86 bits per heavy atom. The average Bonchev–Trinajstić information content (AvgIpc) is 1.65. The molecule has 0 bridgehead atoms. The van der Waals surface area contributed by atoms with Crippen molar-refractivity contribution in [1.82, 2.24) is 10.5 Å². The van der Waals surface area contributed by atoms with Gasteiger partial charge in [-0.1, -0.05) is 0 Å². The number of rotatable bonds is 2. The number of nitrogens with one attached hydrogen (secondary N) is 1. The molecule has 0 amide bonds. The molecule has 44 valence electrons. The molecular formula is H4IN5O-2. The second-order valence-electron chi connectivity index (χ2n) is 0.685. The van der Waals surface area contributed by atoms with E-state index in [4.69, 9.17) is 16.9 Å². The van der Waals surface area contributed by atoms with E-state index >= 15 is 0 Å². The molecule has 0 aliphatic rings. The third-order valence-electron chi connectivity index (χ3n) is 0.272. The molecule has 0 aromatic heterocycles. The van der Waals surface area contributed by atoms with E-state index in [0.29, 0.717) is 5.23 Å². The second-order valence-corrected chi connectivity index (χ2v) is 1.12. The molecule has 0 spiro atoms. The molecule has 7 heteroatoms. The maximum atomic E-state index is 8.02. The smallest absolute Gasteiger partial charge is 0.223 e. The van der Waals surface area contributed by atoms with Crippen molar-refractivity contribution < 1.29 is 5.21 Å². The Labute approximate surface area is 54.4 Å². The number of nitrogens with two attached hydrogens (primary N) is 1. The molecule has 0 aliphatic heterocycles. The Morgan fingerprint density at radius 3 is 2.29 bits per heavy atom. The van der Waals surface area contributed by atoms with Crippen LogP contribution in [0.1, 0.15) is 0 Å². The highest BCUT2D eigenvalue weighted by Gasteiger charge is 1.75. The number of hydrogen-bond acceptors (Lipinski definition) is 4.